The highest BCUT2D eigenvalue weighted by Crippen LogP contribution is 2.26. The van der Waals surface area contributed by atoms with Crippen LogP contribution in [-0.2, 0) is 16.0 Å². The zero-order valence-corrected chi connectivity index (χ0v) is 19.2. The molecule has 2 amide bonds. The molecule has 31 heavy (non-hydrogen) atoms. The Morgan fingerprint density at radius 1 is 0.968 bits per heavy atom. The fraction of sp³-hybridized carbons (Fsp3) is 0.440. The third-order valence-corrected chi connectivity index (χ3v) is 6.35. The third kappa shape index (κ3) is 6.98. The molecule has 2 aromatic rings. The van der Waals surface area contributed by atoms with Crippen molar-refractivity contribution >= 4 is 35.0 Å². The van der Waals surface area contributed by atoms with Gasteiger partial charge in [-0.1, -0.05) is 79.7 Å². The lowest BCUT2D eigenvalue weighted by atomic mass is 10.0. The molecule has 0 saturated heterocycles. The van der Waals surface area contributed by atoms with Crippen LogP contribution in [-0.4, -0.2) is 35.2 Å². The Hall–Kier alpha value is -2.04. The standard InChI is InChI=1S/C25H30Cl2N2O2/c26-18-23(30)29(17-16-19-8-4-3-5-9-19)24(20-12-14-21(27)15-13-20)25(31)28-22-10-6-1-2-7-11-22/h3-5,8-9,12-15,22,24H,1-2,6-7,10-11,16-18H2,(H,28,31)/t24-/m0/s1. The number of nitrogens with zero attached hydrogens (tertiary/aromatic N) is 1. The van der Waals surface area contributed by atoms with Crippen LogP contribution in [0, 0.1) is 0 Å². The average molecular weight is 461 g/mol. The summed E-state index contributed by atoms with van der Waals surface area (Å²) in [5, 5.41) is 3.81. The van der Waals surface area contributed by atoms with E-state index >= 15 is 0 Å². The molecule has 0 aromatic heterocycles. The normalized spacial score (nSPS) is 15.7. The van der Waals surface area contributed by atoms with Gasteiger partial charge in [-0.15, -0.1) is 11.6 Å². The Bertz CT molecular complexity index is 834. The number of alkyl halides is 1. The van der Waals surface area contributed by atoms with Crippen molar-refractivity contribution in [1.29, 1.82) is 0 Å². The maximum absolute atomic E-state index is 13.5. The number of carbonyl (C=O) groups excluding carboxylic acids is 2. The van der Waals surface area contributed by atoms with Crippen LogP contribution < -0.4 is 5.32 Å². The number of nitrogens with one attached hydrogen (secondary N) is 1. The van der Waals surface area contributed by atoms with Gasteiger partial charge >= 0.3 is 0 Å². The summed E-state index contributed by atoms with van der Waals surface area (Å²) in [6.07, 6.45) is 7.26. The summed E-state index contributed by atoms with van der Waals surface area (Å²) in [7, 11) is 0. The number of hydrogen-bond donors (Lipinski definition) is 1. The first-order valence-electron chi connectivity index (χ1n) is 11.0. The molecule has 2 aromatic carbocycles. The summed E-state index contributed by atoms with van der Waals surface area (Å²) in [6, 6.07) is 16.5. The molecule has 1 N–H and O–H groups in total. The minimum absolute atomic E-state index is 0.145. The quantitative estimate of drug-likeness (QED) is 0.415. The van der Waals surface area contributed by atoms with E-state index in [9.17, 15) is 9.59 Å². The van der Waals surface area contributed by atoms with E-state index in [-0.39, 0.29) is 23.7 Å². The molecule has 1 atom stereocenters. The number of benzene rings is 2. The van der Waals surface area contributed by atoms with Crippen molar-refractivity contribution in [3.8, 4) is 0 Å². The van der Waals surface area contributed by atoms with Gasteiger partial charge in [0.1, 0.15) is 11.9 Å². The van der Waals surface area contributed by atoms with Gasteiger partial charge in [-0.05, 0) is 42.5 Å². The number of rotatable bonds is 8. The second kappa shape index (κ2) is 12.1. The van der Waals surface area contributed by atoms with E-state index < -0.39 is 6.04 Å². The number of carbonyl (C=O) groups is 2. The second-order valence-electron chi connectivity index (χ2n) is 8.11. The predicted molar refractivity (Wildman–Crippen MR) is 126 cm³/mol. The van der Waals surface area contributed by atoms with Crippen molar-refractivity contribution in [1.82, 2.24) is 10.2 Å². The zero-order valence-electron chi connectivity index (χ0n) is 17.7. The summed E-state index contributed by atoms with van der Waals surface area (Å²) >= 11 is 12.0. The lowest BCUT2D eigenvalue weighted by Gasteiger charge is -2.32. The molecule has 1 aliphatic rings. The lowest BCUT2D eigenvalue weighted by molar-refractivity contribution is -0.139. The molecule has 1 fully saturated rings. The molecule has 3 rings (SSSR count). The first kappa shape index (κ1) is 23.6. The molecular formula is C25H30Cl2N2O2. The summed E-state index contributed by atoms with van der Waals surface area (Å²) in [5.41, 5.74) is 1.84. The van der Waals surface area contributed by atoms with Gasteiger partial charge in [0, 0.05) is 17.6 Å². The highest BCUT2D eigenvalue weighted by Gasteiger charge is 2.32. The van der Waals surface area contributed by atoms with E-state index in [0.717, 1.165) is 36.8 Å². The molecule has 0 aliphatic heterocycles. The topological polar surface area (TPSA) is 49.4 Å². The molecule has 0 unspecified atom stereocenters. The van der Waals surface area contributed by atoms with Gasteiger partial charge in [-0.3, -0.25) is 9.59 Å². The number of halogens is 2. The van der Waals surface area contributed by atoms with E-state index in [2.05, 4.69) is 5.32 Å². The van der Waals surface area contributed by atoms with Gasteiger partial charge in [0.05, 0.1) is 0 Å². The van der Waals surface area contributed by atoms with Crippen molar-refractivity contribution in [2.75, 3.05) is 12.4 Å². The Morgan fingerprint density at radius 2 is 1.61 bits per heavy atom. The average Bonchev–Trinajstić information content (AvgIpc) is 3.06. The molecule has 4 nitrogen and oxygen atoms in total. The van der Waals surface area contributed by atoms with Gasteiger partial charge in [-0.25, -0.2) is 0 Å². The van der Waals surface area contributed by atoms with E-state index in [1.807, 2.05) is 42.5 Å². The molecule has 1 aliphatic carbocycles. The van der Waals surface area contributed by atoms with E-state index in [1.165, 1.54) is 12.8 Å². The fourth-order valence-corrected chi connectivity index (χ4v) is 4.47. The smallest absolute Gasteiger partial charge is 0.247 e. The maximum atomic E-state index is 13.5. The molecular weight excluding hydrogens is 431 g/mol. The van der Waals surface area contributed by atoms with Crippen LogP contribution in [0.5, 0.6) is 0 Å². The van der Waals surface area contributed by atoms with Crippen molar-refractivity contribution in [2.45, 2.75) is 57.0 Å². The molecule has 0 heterocycles. The van der Waals surface area contributed by atoms with Gasteiger partial charge in [-0.2, -0.15) is 0 Å². The highest BCUT2D eigenvalue weighted by atomic mass is 35.5. The van der Waals surface area contributed by atoms with Crippen LogP contribution in [0.1, 0.15) is 55.7 Å². The highest BCUT2D eigenvalue weighted by molar-refractivity contribution is 6.30. The predicted octanol–water partition coefficient (Wildman–Crippen LogP) is 5.53. The van der Waals surface area contributed by atoms with E-state index in [1.54, 1.807) is 17.0 Å². The zero-order chi connectivity index (χ0) is 22.1. The van der Waals surface area contributed by atoms with Crippen molar-refractivity contribution in [3.63, 3.8) is 0 Å². The fourth-order valence-electron chi connectivity index (χ4n) is 4.19. The van der Waals surface area contributed by atoms with Crippen molar-refractivity contribution < 1.29 is 9.59 Å². The maximum Gasteiger partial charge on any atom is 0.247 e. The number of hydrogen-bond acceptors (Lipinski definition) is 2. The van der Waals surface area contributed by atoms with Crippen LogP contribution in [0.2, 0.25) is 5.02 Å². The Morgan fingerprint density at radius 3 is 2.23 bits per heavy atom. The van der Waals surface area contributed by atoms with Crippen molar-refractivity contribution in [2.24, 2.45) is 0 Å². The first-order valence-corrected chi connectivity index (χ1v) is 11.9. The molecule has 0 bridgehead atoms. The van der Waals surface area contributed by atoms with Crippen LogP contribution in [0.4, 0.5) is 0 Å². The van der Waals surface area contributed by atoms with Gasteiger partial charge < -0.3 is 10.2 Å². The SMILES string of the molecule is O=C(NC1CCCCCC1)[C@H](c1ccc(Cl)cc1)N(CCc1ccccc1)C(=O)CCl. The molecule has 166 valence electrons. The molecule has 6 heteroatoms. The van der Waals surface area contributed by atoms with Crippen LogP contribution >= 0.6 is 23.2 Å². The minimum atomic E-state index is -0.740. The summed E-state index contributed by atoms with van der Waals surface area (Å²) in [4.78, 5) is 28.0. The van der Waals surface area contributed by atoms with Gasteiger partial charge in [0.15, 0.2) is 0 Å². The molecule has 0 radical (unpaired) electrons. The Kier molecular flexibility index (Phi) is 9.23. The molecule has 0 spiro atoms. The van der Waals surface area contributed by atoms with Crippen molar-refractivity contribution in [3.05, 3.63) is 70.7 Å². The third-order valence-electron chi connectivity index (χ3n) is 5.87. The number of amides is 2. The molecule has 1 saturated carbocycles. The largest absolute Gasteiger partial charge is 0.351 e. The summed E-state index contributed by atoms with van der Waals surface area (Å²) in [6.45, 7) is 0.404. The van der Waals surface area contributed by atoms with E-state index in [4.69, 9.17) is 23.2 Å². The van der Waals surface area contributed by atoms with E-state index in [0.29, 0.717) is 18.0 Å². The second-order valence-corrected chi connectivity index (χ2v) is 8.81. The first-order chi connectivity index (χ1) is 15.1. The van der Waals surface area contributed by atoms with Gasteiger partial charge in [0.25, 0.3) is 0 Å². The minimum Gasteiger partial charge on any atom is -0.351 e. The Balaban J connectivity index is 1.85. The summed E-state index contributed by atoms with van der Waals surface area (Å²) in [5.74, 6) is -0.579. The monoisotopic (exact) mass is 460 g/mol. The Labute approximate surface area is 194 Å². The van der Waals surface area contributed by atoms with Crippen LogP contribution in [0.25, 0.3) is 0 Å². The summed E-state index contributed by atoms with van der Waals surface area (Å²) < 4.78 is 0. The van der Waals surface area contributed by atoms with Crippen LogP contribution in [0.3, 0.4) is 0 Å². The van der Waals surface area contributed by atoms with Crippen LogP contribution in [0.15, 0.2) is 54.6 Å². The lowest BCUT2D eigenvalue weighted by Crippen LogP contribution is -2.47. The van der Waals surface area contributed by atoms with Gasteiger partial charge in [0.2, 0.25) is 11.8 Å².